The van der Waals surface area contributed by atoms with E-state index in [0.29, 0.717) is 0 Å². The molecule has 1 aliphatic rings. The summed E-state index contributed by atoms with van der Waals surface area (Å²) in [6.45, 7) is 4.30. The highest BCUT2D eigenvalue weighted by Gasteiger charge is 2.13. The Bertz CT molecular complexity index is 344. The lowest BCUT2D eigenvalue weighted by molar-refractivity contribution is 0.281. The van der Waals surface area contributed by atoms with Gasteiger partial charge in [0.15, 0.2) is 0 Å². The molecule has 0 radical (unpaired) electrons. The Morgan fingerprint density at radius 1 is 1.25 bits per heavy atom. The van der Waals surface area contributed by atoms with Crippen LogP contribution in [0.5, 0.6) is 0 Å². The fourth-order valence-electron chi connectivity index (χ4n) is 2.30. The van der Waals surface area contributed by atoms with E-state index in [2.05, 4.69) is 16.0 Å². The van der Waals surface area contributed by atoms with Crippen molar-refractivity contribution < 1.29 is 5.11 Å². The zero-order chi connectivity index (χ0) is 11.4. The lowest BCUT2D eigenvalue weighted by Gasteiger charge is -2.25. The summed E-state index contributed by atoms with van der Waals surface area (Å²) in [4.78, 5) is 6.64. The first-order valence-electron chi connectivity index (χ1n) is 6.12. The Morgan fingerprint density at radius 2 is 1.94 bits per heavy atom. The first-order valence-corrected chi connectivity index (χ1v) is 6.12. The Hall–Kier alpha value is -1.09. The van der Waals surface area contributed by atoms with Crippen LogP contribution >= 0.6 is 0 Å². The summed E-state index contributed by atoms with van der Waals surface area (Å²) in [5.74, 6) is 0. The highest BCUT2D eigenvalue weighted by molar-refractivity contribution is 5.53. The maximum atomic E-state index is 9.34. The van der Waals surface area contributed by atoms with Crippen LogP contribution in [0.3, 0.4) is 0 Å². The van der Waals surface area contributed by atoms with Gasteiger partial charge in [0.2, 0.25) is 0 Å². The summed E-state index contributed by atoms with van der Waals surface area (Å²) >= 11 is 0. The predicted molar refractivity (Wildman–Crippen MR) is 65.6 cm³/mol. The second kappa shape index (κ2) is 5.30. The first kappa shape index (κ1) is 11.4. The molecule has 0 spiro atoms. The van der Waals surface area contributed by atoms with Crippen molar-refractivity contribution in [3.63, 3.8) is 0 Å². The standard InChI is InChI=1S/C13H20N2O/c1-11-8-13(12(10-16)9-14-11)15-6-4-2-3-5-7-15/h8-9,16H,2-7,10H2,1H3. The van der Waals surface area contributed by atoms with Crippen LogP contribution in [0.25, 0.3) is 0 Å². The van der Waals surface area contributed by atoms with Crippen LogP contribution in [0, 0.1) is 6.92 Å². The fourth-order valence-corrected chi connectivity index (χ4v) is 2.30. The monoisotopic (exact) mass is 220 g/mol. The minimum Gasteiger partial charge on any atom is -0.392 e. The van der Waals surface area contributed by atoms with Crippen molar-refractivity contribution >= 4 is 5.69 Å². The Labute approximate surface area is 97.1 Å². The lowest BCUT2D eigenvalue weighted by Crippen LogP contribution is -2.25. The Morgan fingerprint density at radius 3 is 2.56 bits per heavy atom. The number of pyridine rings is 1. The maximum Gasteiger partial charge on any atom is 0.0717 e. The average molecular weight is 220 g/mol. The summed E-state index contributed by atoms with van der Waals surface area (Å²) < 4.78 is 0. The summed E-state index contributed by atoms with van der Waals surface area (Å²) in [6, 6.07) is 2.09. The number of aliphatic hydroxyl groups excluding tert-OH is 1. The third-order valence-corrected chi connectivity index (χ3v) is 3.22. The van der Waals surface area contributed by atoms with E-state index < -0.39 is 0 Å². The molecule has 2 heterocycles. The molecule has 1 aromatic rings. The molecule has 1 aromatic heterocycles. The molecule has 2 rings (SSSR count). The van der Waals surface area contributed by atoms with Gasteiger partial charge < -0.3 is 10.0 Å². The van der Waals surface area contributed by atoms with Gasteiger partial charge in [-0.05, 0) is 25.8 Å². The molecular weight excluding hydrogens is 200 g/mol. The minimum absolute atomic E-state index is 0.0825. The van der Waals surface area contributed by atoms with Gasteiger partial charge in [-0.25, -0.2) is 0 Å². The molecule has 3 nitrogen and oxygen atoms in total. The topological polar surface area (TPSA) is 36.4 Å². The average Bonchev–Trinajstić information content (AvgIpc) is 2.57. The van der Waals surface area contributed by atoms with Crippen LogP contribution in [0.15, 0.2) is 12.3 Å². The van der Waals surface area contributed by atoms with Gasteiger partial charge in [0.05, 0.1) is 6.61 Å². The van der Waals surface area contributed by atoms with Crippen molar-refractivity contribution in [3.8, 4) is 0 Å². The number of aromatic nitrogens is 1. The third kappa shape index (κ3) is 2.53. The van der Waals surface area contributed by atoms with E-state index in [9.17, 15) is 5.11 Å². The van der Waals surface area contributed by atoms with E-state index in [-0.39, 0.29) is 6.61 Å². The highest BCUT2D eigenvalue weighted by Crippen LogP contribution is 2.24. The van der Waals surface area contributed by atoms with E-state index in [1.54, 1.807) is 6.20 Å². The number of hydrogen-bond donors (Lipinski definition) is 1. The second-order valence-corrected chi connectivity index (χ2v) is 4.51. The van der Waals surface area contributed by atoms with Crippen molar-refractivity contribution in [2.45, 2.75) is 39.2 Å². The highest BCUT2D eigenvalue weighted by atomic mass is 16.3. The normalized spacial score (nSPS) is 17.2. The molecule has 0 aliphatic carbocycles. The lowest BCUT2D eigenvalue weighted by atomic mass is 10.2. The van der Waals surface area contributed by atoms with Crippen LogP contribution in [0.1, 0.15) is 36.9 Å². The molecule has 0 unspecified atom stereocenters. The van der Waals surface area contributed by atoms with Crippen LogP contribution in [0.4, 0.5) is 5.69 Å². The van der Waals surface area contributed by atoms with Gasteiger partial charge in [-0.2, -0.15) is 0 Å². The summed E-state index contributed by atoms with van der Waals surface area (Å²) in [5.41, 5.74) is 3.15. The van der Waals surface area contributed by atoms with E-state index in [1.165, 1.54) is 31.4 Å². The third-order valence-electron chi connectivity index (χ3n) is 3.22. The van der Waals surface area contributed by atoms with Gasteiger partial charge in [-0.3, -0.25) is 4.98 Å². The Balaban J connectivity index is 2.25. The number of rotatable bonds is 2. The van der Waals surface area contributed by atoms with Gasteiger partial charge in [0.25, 0.3) is 0 Å². The predicted octanol–water partition coefficient (Wildman–Crippen LogP) is 2.26. The van der Waals surface area contributed by atoms with Crippen molar-refractivity contribution in [2.24, 2.45) is 0 Å². The van der Waals surface area contributed by atoms with Gasteiger partial charge in [-0.15, -0.1) is 0 Å². The second-order valence-electron chi connectivity index (χ2n) is 4.51. The van der Waals surface area contributed by atoms with Gasteiger partial charge in [0, 0.05) is 36.2 Å². The van der Waals surface area contributed by atoms with Crippen molar-refractivity contribution in [1.29, 1.82) is 0 Å². The summed E-state index contributed by atoms with van der Waals surface area (Å²) in [5, 5.41) is 9.34. The molecule has 0 atom stereocenters. The molecule has 0 saturated carbocycles. The number of aliphatic hydroxyl groups is 1. The molecule has 1 aliphatic heterocycles. The number of nitrogens with zero attached hydrogens (tertiary/aromatic N) is 2. The quantitative estimate of drug-likeness (QED) is 0.830. The maximum absolute atomic E-state index is 9.34. The molecule has 1 N–H and O–H groups in total. The van der Waals surface area contributed by atoms with Crippen molar-refractivity contribution in [2.75, 3.05) is 18.0 Å². The SMILES string of the molecule is Cc1cc(N2CCCCCC2)c(CO)cn1. The molecule has 1 saturated heterocycles. The van der Waals surface area contributed by atoms with E-state index in [0.717, 1.165) is 24.3 Å². The number of anilines is 1. The molecule has 1 fully saturated rings. The molecule has 88 valence electrons. The van der Waals surface area contributed by atoms with Gasteiger partial charge in [-0.1, -0.05) is 12.8 Å². The summed E-state index contributed by atoms with van der Waals surface area (Å²) in [7, 11) is 0. The van der Waals surface area contributed by atoms with Gasteiger partial charge in [0.1, 0.15) is 0 Å². The first-order chi connectivity index (χ1) is 7.81. The number of hydrogen-bond acceptors (Lipinski definition) is 3. The van der Waals surface area contributed by atoms with E-state index in [4.69, 9.17) is 0 Å². The Kier molecular flexibility index (Phi) is 3.78. The van der Waals surface area contributed by atoms with E-state index >= 15 is 0 Å². The van der Waals surface area contributed by atoms with Crippen LogP contribution in [-0.2, 0) is 6.61 Å². The van der Waals surface area contributed by atoms with Crippen LogP contribution in [0.2, 0.25) is 0 Å². The molecular formula is C13H20N2O. The van der Waals surface area contributed by atoms with E-state index in [1.807, 2.05) is 6.92 Å². The molecule has 3 heteroatoms. The minimum atomic E-state index is 0.0825. The molecule has 0 aromatic carbocycles. The fraction of sp³-hybridized carbons (Fsp3) is 0.615. The van der Waals surface area contributed by atoms with Crippen LogP contribution < -0.4 is 4.90 Å². The number of aryl methyl sites for hydroxylation is 1. The molecule has 0 bridgehead atoms. The summed E-state index contributed by atoms with van der Waals surface area (Å²) in [6.07, 6.45) is 6.97. The zero-order valence-electron chi connectivity index (χ0n) is 9.95. The largest absolute Gasteiger partial charge is 0.392 e. The van der Waals surface area contributed by atoms with Crippen molar-refractivity contribution in [3.05, 3.63) is 23.5 Å². The molecule has 0 amide bonds. The molecule has 16 heavy (non-hydrogen) atoms. The van der Waals surface area contributed by atoms with Crippen LogP contribution in [-0.4, -0.2) is 23.2 Å². The van der Waals surface area contributed by atoms with Gasteiger partial charge >= 0.3 is 0 Å². The zero-order valence-corrected chi connectivity index (χ0v) is 9.95. The van der Waals surface area contributed by atoms with Crippen molar-refractivity contribution in [1.82, 2.24) is 4.98 Å². The smallest absolute Gasteiger partial charge is 0.0717 e.